The Kier molecular flexibility index (Phi) is 5.02. The van der Waals surface area contributed by atoms with Gasteiger partial charge < -0.3 is 4.90 Å². The van der Waals surface area contributed by atoms with Crippen molar-refractivity contribution in [1.82, 2.24) is 19.6 Å². The molecule has 1 aromatic carbocycles. The van der Waals surface area contributed by atoms with Gasteiger partial charge in [-0.2, -0.15) is 5.10 Å². The smallest absolute Gasteiger partial charge is 0.222 e. The number of carbonyl (C=O) groups is 1. The Bertz CT molecular complexity index is 761. The first-order valence-electron chi connectivity index (χ1n) is 9.47. The van der Waals surface area contributed by atoms with Crippen LogP contribution in [0.5, 0.6) is 0 Å². The maximum absolute atomic E-state index is 13.8. The van der Waals surface area contributed by atoms with E-state index in [1.165, 1.54) is 6.07 Å². The summed E-state index contributed by atoms with van der Waals surface area (Å²) in [6.45, 7) is 4.45. The van der Waals surface area contributed by atoms with Crippen LogP contribution in [-0.4, -0.2) is 51.7 Å². The van der Waals surface area contributed by atoms with Crippen molar-refractivity contribution in [2.24, 2.45) is 5.92 Å². The van der Waals surface area contributed by atoms with Crippen LogP contribution in [0.1, 0.15) is 31.2 Å². The van der Waals surface area contributed by atoms with E-state index in [-0.39, 0.29) is 5.82 Å². The van der Waals surface area contributed by atoms with E-state index in [1.54, 1.807) is 23.0 Å². The molecular weight excluding hydrogens is 331 g/mol. The number of amides is 1. The van der Waals surface area contributed by atoms with Gasteiger partial charge in [0.2, 0.25) is 5.91 Å². The number of benzene rings is 1. The summed E-state index contributed by atoms with van der Waals surface area (Å²) in [5, 5.41) is 4.29. The second kappa shape index (κ2) is 7.58. The minimum atomic E-state index is -0.216. The average molecular weight is 356 g/mol. The second-order valence-corrected chi connectivity index (χ2v) is 7.41. The molecule has 2 aromatic rings. The van der Waals surface area contributed by atoms with Gasteiger partial charge >= 0.3 is 0 Å². The molecule has 2 saturated heterocycles. The number of halogens is 1. The lowest BCUT2D eigenvalue weighted by Crippen LogP contribution is -2.41. The quantitative estimate of drug-likeness (QED) is 0.827. The van der Waals surface area contributed by atoms with E-state index < -0.39 is 0 Å². The zero-order chi connectivity index (χ0) is 17.9. The van der Waals surface area contributed by atoms with Gasteiger partial charge in [0.05, 0.1) is 5.69 Å². The first-order valence-corrected chi connectivity index (χ1v) is 9.47. The molecule has 5 nitrogen and oxygen atoms in total. The van der Waals surface area contributed by atoms with Crippen LogP contribution in [0, 0.1) is 11.7 Å². The Hall–Kier alpha value is -2.21. The monoisotopic (exact) mass is 356 g/mol. The highest BCUT2D eigenvalue weighted by Crippen LogP contribution is 2.24. The van der Waals surface area contributed by atoms with E-state index in [0.717, 1.165) is 56.7 Å². The minimum Gasteiger partial charge on any atom is -0.342 e. The largest absolute Gasteiger partial charge is 0.342 e. The summed E-state index contributed by atoms with van der Waals surface area (Å²) in [6, 6.07) is 6.77. The van der Waals surface area contributed by atoms with Crippen molar-refractivity contribution < 1.29 is 9.18 Å². The zero-order valence-electron chi connectivity index (χ0n) is 15.0. The number of likely N-dealkylation sites (tertiary alicyclic amines) is 2. The number of nitrogens with zero attached hydrogens (tertiary/aromatic N) is 4. The number of piperidine rings is 1. The molecule has 0 spiro atoms. The fourth-order valence-electron chi connectivity index (χ4n) is 4.21. The molecule has 0 N–H and O–H groups in total. The number of hydrogen-bond acceptors (Lipinski definition) is 3. The summed E-state index contributed by atoms with van der Waals surface area (Å²) < 4.78 is 15.6. The van der Waals surface area contributed by atoms with E-state index in [1.807, 2.05) is 17.2 Å². The third-order valence-corrected chi connectivity index (χ3v) is 5.44. The molecule has 0 radical (unpaired) electrons. The lowest BCUT2D eigenvalue weighted by Gasteiger charge is -2.35. The Labute approximate surface area is 153 Å². The molecule has 6 heteroatoms. The lowest BCUT2D eigenvalue weighted by atomic mass is 9.96. The summed E-state index contributed by atoms with van der Waals surface area (Å²) in [7, 11) is 0. The van der Waals surface area contributed by atoms with Gasteiger partial charge in [-0.1, -0.05) is 0 Å². The predicted octanol–water partition coefficient (Wildman–Crippen LogP) is 2.85. The Morgan fingerprint density at radius 3 is 2.92 bits per heavy atom. The molecule has 0 aliphatic carbocycles. The van der Waals surface area contributed by atoms with Crippen molar-refractivity contribution >= 4 is 5.91 Å². The van der Waals surface area contributed by atoms with Gasteiger partial charge in [0.1, 0.15) is 5.82 Å². The van der Waals surface area contributed by atoms with Gasteiger partial charge in [-0.05, 0) is 61.6 Å². The van der Waals surface area contributed by atoms with E-state index in [4.69, 9.17) is 0 Å². The number of aromatic nitrogens is 2. The third-order valence-electron chi connectivity index (χ3n) is 5.44. The van der Waals surface area contributed by atoms with Gasteiger partial charge in [-0.3, -0.25) is 9.69 Å². The van der Waals surface area contributed by atoms with Crippen LogP contribution in [0.3, 0.4) is 0 Å². The Morgan fingerprint density at radius 2 is 2.15 bits per heavy atom. The van der Waals surface area contributed by atoms with Crippen molar-refractivity contribution in [2.75, 3.05) is 26.2 Å². The average Bonchev–Trinajstić information content (AvgIpc) is 3.28. The van der Waals surface area contributed by atoms with Crippen molar-refractivity contribution in [3.63, 3.8) is 0 Å². The highest BCUT2D eigenvalue weighted by Gasteiger charge is 2.27. The van der Waals surface area contributed by atoms with E-state index in [9.17, 15) is 9.18 Å². The fraction of sp³-hybridized carbons (Fsp3) is 0.500. The maximum Gasteiger partial charge on any atom is 0.222 e. The SMILES string of the molecule is O=C1CCCN1CC1CCCN(Cc2cc(F)ccc2-n2cccn2)C1. The molecule has 0 bridgehead atoms. The van der Waals surface area contributed by atoms with Gasteiger partial charge in [0.15, 0.2) is 0 Å². The fourth-order valence-corrected chi connectivity index (χ4v) is 4.21. The van der Waals surface area contributed by atoms with Gasteiger partial charge in [0.25, 0.3) is 0 Å². The van der Waals surface area contributed by atoms with Crippen LogP contribution in [0.4, 0.5) is 4.39 Å². The molecule has 138 valence electrons. The van der Waals surface area contributed by atoms with Crippen LogP contribution in [0.2, 0.25) is 0 Å². The molecule has 1 aromatic heterocycles. The van der Waals surface area contributed by atoms with E-state index in [2.05, 4.69) is 10.00 Å². The molecule has 26 heavy (non-hydrogen) atoms. The van der Waals surface area contributed by atoms with E-state index >= 15 is 0 Å². The summed E-state index contributed by atoms with van der Waals surface area (Å²) in [6.07, 6.45) is 7.60. The minimum absolute atomic E-state index is 0.216. The molecule has 1 atom stereocenters. The third kappa shape index (κ3) is 3.80. The zero-order valence-corrected chi connectivity index (χ0v) is 15.0. The summed E-state index contributed by atoms with van der Waals surface area (Å²) >= 11 is 0. The first kappa shape index (κ1) is 17.2. The van der Waals surface area contributed by atoms with Crippen molar-refractivity contribution in [3.05, 3.63) is 48.0 Å². The predicted molar refractivity (Wildman–Crippen MR) is 97.3 cm³/mol. The van der Waals surface area contributed by atoms with Gasteiger partial charge in [0, 0.05) is 45.0 Å². The lowest BCUT2D eigenvalue weighted by molar-refractivity contribution is -0.128. The van der Waals surface area contributed by atoms with Crippen molar-refractivity contribution in [2.45, 2.75) is 32.2 Å². The first-order chi connectivity index (χ1) is 12.7. The Balaban J connectivity index is 1.45. The molecule has 3 heterocycles. The Morgan fingerprint density at radius 1 is 1.23 bits per heavy atom. The van der Waals surface area contributed by atoms with Gasteiger partial charge in [-0.15, -0.1) is 0 Å². The molecule has 2 fully saturated rings. The summed E-state index contributed by atoms with van der Waals surface area (Å²) in [5.41, 5.74) is 1.87. The highest BCUT2D eigenvalue weighted by molar-refractivity contribution is 5.78. The van der Waals surface area contributed by atoms with Crippen molar-refractivity contribution in [1.29, 1.82) is 0 Å². The normalized spacial score (nSPS) is 21.5. The van der Waals surface area contributed by atoms with Crippen molar-refractivity contribution in [3.8, 4) is 5.69 Å². The maximum atomic E-state index is 13.8. The van der Waals surface area contributed by atoms with Crippen LogP contribution < -0.4 is 0 Å². The number of rotatable bonds is 5. The topological polar surface area (TPSA) is 41.4 Å². The molecule has 2 aliphatic heterocycles. The molecule has 2 aliphatic rings. The summed E-state index contributed by atoms with van der Waals surface area (Å²) in [4.78, 5) is 16.3. The number of carbonyl (C=O) groups excluding carboxylic acids is 1. The van der Waals surface area contributed by atoms with Crippen LogP contribution in [0.15, 0.2) is 36.7 Å². The second-order valence-electron chi connectivity index (χ2n) is 7.41. The molecule has 4 rings (SSSR count). The van der Waals surface area contributed by atoms with Gasteiger partial charge in [-0.25, -0.2) is 9.07 Å². The van der Waals surface area contributed by atoms with Crippen LogP contribution in [-0.2, 0) is 11.3 Å². The van der Waals surface area contributed by atoms with E-state index in [0.29, 0.717) is 24.8 Å². The van der Waals surface area contributed by atoms with Crippen LogP contribution >= 0.6 is 0 Å². The van der Waals surface area contributed by atoms with Crippen LogP contribution in [0.25, 0.3) is 5.69 Å². The molecule has 1 amide bonds. The molecule has 1 unspecified atom stereocenters. The molecule has 0 saturated carbocycles. The highest BCUT2D eigenvalue weighted by atomic mass is 19.1. The number of hydrogen-bond donors (Lipinski definition) is 0. The molecular formula is C20H25FN4O. The standard InChI is InChI=1S/C20H25FN4O/c21-18-6-7-19(25-11-3-8-22-25)17(12-18)15-23-9-1-4-16(13-23)14-24-10-2-5-20(24)26/h3,6-8,11-12,16H,1-2,4-5,9-10,13-15H2. The summed E-state index contributed by atoms with van der Waals surface area (Å²) in [5.74, 6) is 0.591.